The van der Waals surface area contributed by atoms with E-state index in [1.165, 1.54) is 45.1 Å². The van der Waals surface area contributed by atoms with Crippen molar-refractivity contribution in [3.8, 4) is 0 Å². The first-order valence-electron chi connectivity index (χ1n) is 8.08. The Balaban J connectivity index is 1.91. The number of likely N-dealkylation sites (tertiary alicyclic amines) is 1. The molecule has 1 saturated heterocycles. The third kappa shape index (κ3) is 3.27. The van der Waals surface area contributed by atoms with Gasteiger partial charge in [-0.3, -0.25) is 0 Å². The number of hydrogen-bond donors (Lipinski definition) is 1. The van der Waals surface area contributed by atoms with Gasteiger partial charge in [0, 0.05) is 24.7 Å². The summed E-state index contributed by atoms with van der Waals surface area (Å²) in [6.07, 6.45) is 8.43. The Morgan fingerprint density at radius 1 is 1.11 bits per heavy atom. The van der Waals surface area contributed by atoms with Gasteiger partial charge in [-0.2, -0.15) is 0 Å². The van der Waals surface area contributed by atoms with E-state index in [1.54, 1.807) is 0 Å². The molecule has 0 amide bonds. The highest BCUT2D eigenvalue weighted by molar-refractivity contribution is 4.90. The van der Waals surface area contributed by atoms with Crippen LogP contribution in [0.2, 0.25) is 0 Å². The Morgan fingerprint density at radius 3 is 2.56 bits per heavy atom. The molecule has 0 bridgehead atoms. The van der Waals surface area contributed by atoms with E-state index >= 15 is 0 Å². The molecule has 1 N–H and O–H groups in total. The number of rotatable bonds is 3. The van der Waals surface area contributed by atoms with Gasteiger partial charge >= 0.3 is 0 Å². The van der Waals surface area contributed by atoms with Gasteiger partial charge in [0.05, 0.1) is 0 Å². The molecule has 0 spiro atoms. The number of piperidine rings is 1. The quantitative estimate of drug-likeness (QED) is 0.829. The zero-order chi connectivity index (χ0) is 13.1. The molecule has 2 aliphatic rings. The summed E-state index contributed by atoms with van der Waals surface area (Å²) < 4.78 is 0. The molecular formula is C16H32N2. The van der Waals surface area contributed by atoms with Crippen LogP contribution in [0.3, 0.4) is 0 Å². The van der Waals surface area contributed by atoms with Crippen molar-refractivity contribution in [3.63, 3.8) is 0 Å². The van der Waals surface area contributed by atoms with Crippen molar-refractivity contribution >= 4 is 0 Å². The van der Waals surface area contributed by atoms with E-state index in [0.29, 0.717) is 0 Å². The van der Waals surface area contributed by atoms with Crippen LogP contribution in [-0.4, -0.2) is 36.6 Å². The molecule has 106 valence electrons. The van der Waals surface area contributed by atoms with Crippen LogP contribution in [0.15, 0.2) is 0 Å². The van der Waals surface area contributed by atoms with Gasteiger partial charge in [-0.25, -0.2) is 0 Å². The fraction of sp³-hybridized carbons (Fsp3) is 1.00. The zero-order valence-electron chi connectivity index (χ0n) is 12.8. The van der Waals surface area contributed by atoms with Crippen LogP contribution >= 0.6 is 0 Å². The fourth-order valence-electron chi connectivity index (χ4n) is 3.96. The van der Waals surface area contributed by atoms with Crippen molar-refractivity contribution in [1.29, 1.82) is 0 Å². The van der Waals surface area contributed by atoms with E-state index in [-0.39, 0.29) is 0 Å². The summed E-state index contributed by atoms with van der Waals surface area (Å²) in [6.45, 7) is 8.41. The molecule has 2 fully saturated rings. The highest BCUT2D eigenvalue weighted by Crippen LogP contribution is 2.29. The molecular weight excluding hydrogens is 220 g/mol. The third-order valence-electron chi connectivity index (χ3n) is 5.47. The molecule has 18 heavy (non-hydrogen) atoms. The SMILES string of the molecule is CCC1CCCCC1NC1CC(C)N(C)CC1C. The minimum Gasteiger partial charge on any atom is -0.311 e. The lowest BCUT2D eigenvalue weighted by Gasteiger charge is -2.43. The predicted molar refractivity (Wildman–Crippen MR) is 78.8 cm³/mol. The van der Waals surface area contributed by atoms with Crippen LogP contribution in [-0.2, 0) is 0 Å². The summed E-state index contributed by atoms with van der Waals surface area (Å²) in [5.41, 5.74) is 0. The predicted octanol–water partition coefficient (Wildman–Crippen LogP) is 3.27. The molecule has 1 aliphatic heterocycles. The average Bonchev–Trinajstić information content (AvgIpc) is 2.36. The summed E-state index contributed by atoms with van der Waals surface area (Å²) in [4.78, 5) is 2.51. The topological polar surface area (TPSA) is 15.3 Å². The molecule has 2 heteroatoms. The number of nitrogens with zero attached hydrogens (tertiary/aromatic N) is 1. The second-order valence-electron chi connectivity index (χ2n) is 6.83. The summed E-state index contributed by atoms with van der Waals surface area (Å²) in [5.74, 6) is 1.73. The molecule has 1 saturated carbocycles. The van der Waals surface area contributed by atoms with Crippen molar-refractivity contribution in [1.82, 2.24) is 10.2 Å². The van der Waals surface area contributed by atoms with E-state index in [9.17, 15) is 0 Å². The molecule has 5 atom stereocenters. The maximum absolute atomic E-state index is 4.03. The minimum absolute atomic E-state index is 0.738. The Morgan fingerprint density at radius 2 is 1.83 bits per heavy atom. The van der Waals surface area contributed by atoms with Crippen LogP contribution in [0.4, 0.5) is 0 Å². The molecule has 1 heterocycles. The van der Waals surface area contributed by atoms with Crippen LogP contribution in [0.25, 0.3) is 0 Å². The summed E-state index contributed by atoms with van der Waals surface area (Å²) in [5, 5.41) is 4.03. The van der Waals surface area contributed by atoms with Crippen LogP contribution < -0.4 is 5.32 Å². The van der Waals surface area contributed by atoms with E-state index in [4.69, 9.17) is 0 Å². The van der Waals surface area contributed by atoms with E-state index in [2.05, 4.69) is 38.0 Å². The van der Waals surface area contributed by atoms with E-state index in [1.807, 2.05) is 0 Å². The standard InChI is InChI=1S/C16H32N2/c1-5-14-8-6-7-9-15(14)17-16-10-13(3)18(4)11-12(16)2/h12-17H,5-11H2,1-4H3. The van der Waals surface area contributed by atoms with Gasteiger partial charge in [-0.15, -0.1) is 0 Å². The monoisotopic (exact) mass is 252 g/mol. The Hall–Kier alpha value is -0.0800. The van der Waals surface area contributed by atoms with E-state index in [0.717, 1.165) is 30.0 Å². The average molecular weight is 252 g/mol. The first kappa shape index (κ1) is 14.3. The van der Waals surface area contributed by atoms with Gasteiger partial charge in [0.2, 0.25) is 0 Å². The summed E-state index contributed by atoms with van der Waals surface area (Å²) in [6, 6.07) is 2.28. The largest absolute Gasteiger partial charge is 0.311 e. The van der Waals surface area contributed by atoms with Crippen molar-refractivity contribution < 1.29 is 0 Å². The van der Waals surface area contributed by atoms with Gasteiger partial charge in [0.25, 0.3) is 0 Å². The molecule has 0 radical (unpaired) electrons. The Labute approximate surface area is 114 Å². The second kappa shape index (κ2) is 6.38. The molecule has 0 aromatic carbocycles. The smallest absolute Gasteiger partial charge is 0.0122 e. The van der Waals surface area contributed by atoms with Gasteiger partial charge < -0.3 is 10.2 Å². The Kier molecular flexibility index (Phi) is 5.08. The number of hydrogen-bond acceptors (Lipinski definition) is 2. The molecule has 0 aromatic rings. The highest BCUT2D eigenvalue weighted by Gasteiger charge is 2.32. The van der Waals surface area contributed by atoms with Crippen LogP contribution in [0, 0.1) is 11.8 Å². The molecule has 2 nitrogen and oxygen atoms in total. The molecule has 1 aliphatic carbocycles. The number of nitrogens with one attached hydrogen (secondary N) is 1. The first-order chi connectivity index (χ1) is 8.61. The summed E-state index contributed by atoms with van der Waals surface area (Å²) in [7, 11) is 2.27. The lowest BCUT2D eigenvalue weighted by atomic mass is 9.81. The van der Waals surface area contributed by atoms with Crippen molar-refractivity contribution in [3.05, 3.63) is 0 Å². The van der Waals surface area contributed by atoms with Crippen LogP contribution in [0.1, 0.15) is 59.3 Å². The van der Waals surface area contributed by atoms with Gasteiger partial charge in [-0.1, -0.05) is 33.1 Å². The zero-order valence-corrected chi connectivity index (χ0v) is 12.8. The highest BCUT2D eigenvalue weighted by atomic mass is 15.2. The van der Waals surface area contributed by atoms with Gasteiger partial charge in [0.1, 0.15) is 0 Å². The second-order valence-corrected chi connectivity index (χ2v) is 6.83. The maximum atomic E-state index is 4.03. The van der Waals surface area contributed by atoms with Crippen molar-refractivity contribution in [2.45, 2.75) is 77.4 Å². The van der Waals surface area contributed by atoms with Crippen molar-refractivity contribution in [2.75, 3.05) is 13.6 Å². The maximum Gasteiger partial charge on any atom is 0.0122 e. The Bertz CT molecular complexity index is 253. The minimum atomic E-state index is 0.738. The summed E-state index contributed by atoms with van der Waals surface area (Å²) >= 11 is 0. The lowest BCUT2D eigenvalue weighted by molar-refractivity contribution is 0.102. The lowest BCUT2D eigenvalue weighted by Crippen LogP contribution is -2.55. The van der Waals surface area contributed by atoms with Gasteiger partial charge in [0.15, 0.2) is 0 Å². The molecule has 0 aromatic heterocycles. The normalized spacial score (nSPS) is 43.0. The van der Waals surface area contributed by atoms with E-state index < -0.39 is 0 Å². The molecule has 5 unspecified atom stereocenters. The molecule has 2 rings (SSSR count). The van der Waals surface area contributed by atoms with Crippen molar-refractivity contribution in [2.24, 2.45) is 11.8 Å². The fourth-order valence-corrected chi connectivity index (χ4v) is 3.96. The van der Waals surface area contributed by atoms with Crippen LogP contribution in [0.5, 0.6) is 0 Å². The van der Waals surface area contributed by atoms with Gasteiger partial charge in [-0.05, 0) is 45.1 Å². The third-order valence-corrected chi connectivity index (χ3v) is 5.47. The first-order valence-corrected chi connectivity index (χ1v) is 8.08.